The van der Waals surface area contributed by atoms with Gasteiger partial charge in [0.05, 0.1) is 5.69 Å². The molecule has 0 aliphatic rings. The Bertz CT molecular complexity index is 457. The van der Waals surface area contributed by atoms with E-state index in [1.807, 2.05) is 13.0 Å². The lowest BCUT2D eigenvalue weighted by Crippen LogP contribution is -1.81. The van der Waals surface area contributed by atoms with Crippen LogP contribution in [-0.4, -0.2) is 5.16 Å². The van der Waals surface area contributed by atoms with Gasteiger partial charge in [0.25, 0.3) is 0 Å². The Morgan fingerprint density at radius 2 is 2.06 bits per heavy atom. The van der Waals surface area contributed by atoms with Gasteiger partial charge in [-0.1, -0.05) is 47.6 Å². The third-order valence-corrected chi connectivity index (χ3v) is 2.53. The zero-order valence-electron chi connectivity index (χ0n) is 9.39. The zero-order valence-corrected chi connectivity index (χ0v) is 9.39. The average molecular weight is 213 g/mol. The van der Waals surface area contributed by atoms with Crippen molar-refractivity contribution in [2.24, 2.45) is 0 Å². The summed E-state index contributed by atoms with van der Waals surface area (Å²) in [5.74, 6) is 0. The molecule has 16 heavy (non-hydrogen) atoms. The zero-order chi connectivity index (χ0) is 11.2. The standard InChI is InChI=1S/C14H15NO/c1-12-14(11-16-15-12)10-6-5-9-13-7-3-2-4-8-13/h2-4,6-8,10-11H,5,9H2,1H3. The van der Waals surface area contributed by atoms with E-state index >= 15 is 0 Å². The molecular formula is C14H15NO. The topological polar surface area (TPSA) is 26.0 Å². The molecule has 0 N–H and O–H groups in total. The molecule has 0 atom stereocenters. The molecular weight excluding hydrogens is 198 g/mol. The lowest BCUT2D eigenvalue weighted by atomic mass is 10.1. The van der Waals surface area contributed by atoms with E-state index in [1.165, 1.54) is 5.56 Å². The van der Waals surface area contributed by atoms with Crippen molar-refractivity contribution >= 4 is 6.08 Å². The molecule has 82 valence electrons. The Labute approximate surface area is 95.6 Å². The summed E-state index contributed by atoms with van der Waals surface area (Å²) in [4.78, 5) is 0. The second kappa shape index (κ2) is 5.31. The molecule has 1 heterocycles. The van der Waals surface area contributed by atoms with Gasteiger partial charge in [-0.25, -0.2) is 0 Å². The maximum absolute atomic E-state index is 4.86. The van der Waals surface area contributed by atoms with Gasteiger partial charge in [-0.15, -0.1) is 0 Å². The summed E-state index contributed by atoms with van der Waals surface area (Å²) >= 11 is 0. The number of aryl methyl sites for hydroxylation is 2. The van der Waals surface area contributed by atoms with E-state index in [0.29, 0.717) is 0 Å². The van der Waals surface area contributed by atoms with E-state index < -0.39 is 0 Å². The molecule has 2 nitrogen and oxygen atoms in total. The van der Waals surface area contributed by atoms with E-state index in [0.717, 1.165) is 24.1 Å². The molecule has 0 bridgehead atoms. The fourth-order valence-electron chi connectivity index (χ4n) is 1.57. The Morgan fingerprint density at radius 1 is 1.25 bits per heavy atom. The van der Waals surface area contributed by atoms with Gasteiger partial charge in [0.15, 0.2) is 0 Å². The van der Waals surface area contributed by atoms with Crippen molar-refractivity contribution in [3.05, 3.63) is 59.5 Å². The predicted octanol–water partition coefficient (Wildman–Crippen LogP) is 3.63. The maximum atomic E-state index is 4.86. The van der Waals surface area contributed by atoms with Crippen molar-refractivity contribution in [2.45, 2.75) is 19.8 Å². The Hall–Kier alpha value is -1.83. The van der Waals surface area contributed by atoms with Crippen LogP contribution in [0.1, 0.15) is 23.2 Å². The van der Waals surface area contributed by atoms with Gasteiger partial charge in [0.2, 0.25) is 0 Å². The monoisotopic (exact) mass is 213 g/mol. The molecule has 2 aromatic rings. The number of benzene rings is 1. The highest BCUT2D eigenvalue weighted by Gasteiger charge is 1.96. The number of hydrogen-bond acceptors (Lipinski definition) is 2. The maximum Gasteiger partial charge on any atom is 0.131 e. The van der Waals surface area contributed by atoms with Crippen molar-refractivity contribution in [1.82, 2.24) is 5.16 Å². The first kappa shape index (κ1) is 10.7. The fourth-order valence-corrected chi connectivity index (χ4v) is 1.57. The van der Waals surface area contributed by atoms with E-state index in [-0.39, 0.29) is 0 Å². The minimum absolute atomic E-state index is 0.941. The second-order valence-corrected chi connectivity index (χ2v) is 3.78. The molecule has 1 aromatic carbocycles. The van der Waals surface area contributed by atoms with Crippen LogP contribution in [0.2, 0.25) is 0 Å². The quantitative estimate of drug-likeness (QED) is 0.775. The first-order valence-corrected chi connectivity index (χ1v) is 5.48. The van der Waals surface area contributed by atoms with E-state index in [1.54, 1.807) is 6.26 Å². The third kappa shape index (κ3) is 2.83. The number of nitrogens with zero attached hydrogens (tertiary/aromatic N) is 1. The van der Waals surface area contributed by atoms with Crippen LogP contribution in [0.5, 0.6) is 0 Å². The van der Waals surface area contributed by atoms with Gasteiger partial charge >= 0.3 is 0 Å². The van der Waals surface area contributed by atoms with Gasteiger partial charge in [-0.3, -0.25) is 0 Å². The number of aromatic nitrogens is 1. The molecule has 0 aliphatic carbocycles. The summed E-state index contributed by atoms with van der Waals surface area (Å²) in [6, 6.07) is 10.5. The molecule has 2 rings (SSSR count). The molecule has 0 spiro atoms. The summed E-state index contributed by atoms with van der Waals surface area (Å²) in [5, 5.41) is 3.83. The normalized spacial score (nSPS) is 11.1. The van der Waals surface area contributed by atoms with Crippen molar-refractivity contribution in [3.8, 4) is 0 Å². The largest absolute Gasteiger partial charge is 0.364 e. The van der Waals surface area contributed by atoms with Crippen LogP contribution in [0, 0.1) is 6.92 Å². The fraction of sp³-hybridized carbons (Fsp3) is 0.214. The average Bonchev–Trinajstić information content (AvgIpc) is 2.72. The lowest BCUT2D eigenvalue weighted by Gasteiger charge is -1.96. The molecule has 0 fully saturated rings. The Morgan fingerprint density at radius 3 is 2.75 bits per heavy atom. The summed E-state index contributed by atoms with van der Waals surface area (Å²) < 4.78 is 4.86. The number of allylic oxidation sites excluding steroid dienone is 1. The van der Waals surface area contributed by atoms with Gasteiger partial charge < -0.3 is 4.52 Å². The summed E-state index contributed by atoms with van der Waals surface area (Å²) in [5.41, 5.74) is 3.37. The van der Waals surface area contributed by atoms with Crippen LogP contribution in [0.3, 0.4) is 0 Å². The second-order valence-electron chi connectivity index (χ2n) is 3.78. The van der Waals surface area contributed by atoms with Gasteiger partial charge in [0.1, 0.15) is 6.26 Å². The smallest absolute Gasteiger partial charge is 0.131 e. The first-order valence-electron chi connectivity index (χ1n) is 5.48. The van der Waals surface area contributed by atoms with Gasteiger partial charge in [0, 0.05) is 5.56 Å². The molecule has 2 heteroatoms. The highest BCUT2D eigenvalue weighted by atomic mass is 16.5. The highest BCUT2D eigenvalue weighted by Crippen LogP contribution is 2.09. The van der Waals surface area contributed by atoms with E-state index in [4.69, 9.17) is 4.52 Å². The molecule has 1 aromatic heterocycles. The lowest BCUT2D eigenvalue weighted by molar-refractivity contribution is 0.415. The predicted molar refractivity (Wildman–Crippen MR) is 65.0 cm³/mol. The Balaban J connectivity index is 1.85. The number of rotatable bonds is 4. The molecule has 0 unspecified atom stereocenters. The molecule has 0 amide bonds. The number of hydrogen-bond donors (Lipinski definition) is 0. The van der Waals surface area contributed by atoms with E-state index in [2.05, 4.69) is 41.6 Å². The molecule has 0 saturated heterocycles. The van der Waals surface area contributed by atoms with Crippen molar-refractivity contribution in [3.63, 3.8) is 0 Å². The van der Waals surface area contributed by atoms with Gasteiger partial charge in [-0.2, -0.15) is 0 Å². The van der Waals surface area contributed by atoms with E-state index in [9.17, 15) is 0 Å². The van der Waals surface area contributed by atoms with Crippen LogP contribution in [-0.2, 0) is 6.42 Å². The first-order chi connectivity index (χ1) is 7.86. The van der Waals surface area contributed by atoms with Crippen LogP contribution < -0.4 is 0 Å². The van der Waals surface area contributed by atoms with Crippen LogP contribution in [0.25, 0.3) is 6.08 Å². The van der Waals surface area contributed by atoms with Crippen molar-refractivity contribution in [1.29, 1.82) is 0 Å². The van der Waals surface area contributed by atoms with Crippen molar-refractivity contribution in [2.75, 3.05) is 0 Å². The highest BCUT2D eigenvalue weighted by molar-refractivity contribution is 5.49. The Kier molecular flexibility index (Phi) is 3.54. The van der Waals surface area contributed by atoms with Crippen LogP contribution in [0.15, 0.2) is 47.2 Å². The minimum Gasteiger partial charge on any atom is -0.364 e. The molecule has 0 saturated carbocycles. The van der Waals surface area contributed by atoms with Crippen LogP contribution >= 0.6 is 0 Å². The molecule has 0 aliphatic heterocycles. The summed E-state index contributed by atoms with van der Waals surface area (Å²) in [6.07, 6.45) is 8.01. The van der Waals surface area contributed by atoms with Crippen molar-refractivity contribution < 1.29 is 4.52 Å². The summed E-state index contributed by atoms with van der Waals surface area (Å²) in [7, 11) is 0. The molecule has 0 radical (unpaired) electrons. The third-order valence-electron chi connectivity index (χ3n) is 2.53. The minimum atomic E-state index is 0.941. The van der Waals surface area contributed by atoms with Gasteiger partial charge in [-0.05, 0) is 25.3 Å². The SMILES string of the molecule is Cc1nocc1C=CCCc1ccccc1. The van der Waals surface area contributed by atoms with Crippen LogP contribution in [0.4, 0.5) is 0 Å². The summed E-state index contributed by atoms with van der Waals surface area (Å²) in [6.45, 7) is 1.94.